The topological polar surface area (TPSA) is 88.1 Å². The van der Waals surface area contributed by atoms with Crippen LogP contribution in [-0.2, 0) is 23.8 Å². The predicted molar refractivity (Wildman–Crippen MR) is 158 cm³/mol. The van der Waals surface area contributed by atoms with E-state index < -0.39 is 35.4 Å². The van der Waals surface area contributed by atoms with Gasteiger partial charge < -0.3 is 18.9 Å². The Morgan fingerprint density at radius 3 is 2.38 bits per heavy atom. The average Bonchev–Trinajstić information content (AvgIpc) is 2.98. The number of halogens is 1. The van der Waals surface area contributed by atoms with Crippen molar-refractivity contribution in [2.45, 2.75) is 90.4 Å². The summed E-state index contributed by atoms with van der Waals surface area (Å²) in [7, 11) is 0. The zero-order valence-electron chi connectivity index (χ0n) is 24.9. The molecule has 3 rings (SSSR count). The van der Waals surface area contributed by atoms with E-state index in [1.54, 1.807) is 26.0 Å². The third-order valence-corrected chi connectivity index (χ3v) is 6.94. The van der Waals surface area contributed by atoms with Gasteiger partial charge >= 0.3 is 17.9 Å². The van der Waals surface area contributed by atoms with Gasteiger partial charge in [-0.2, -0.15) is 0 Å². The van der Waals surface area contributed by atoms with Crippen molar-refractivity contribution in [3.05, 3.63) is 83.7 Å². The van der Waals surface area contributed by atoms with Crippen LogP contribution >= 0.6 is 0 Å². The Balaban J connectivity index is 1.74. The predicted octanol–water partition coefficient (Wildman–Crippen LogP) is 7.39. The molecule has 0 saturated heterocycles. The lowest BCUT2D eigenvalue weighted by molar-refractivity contribution is -0.178. The SMILES string of the molecule is CCCCCC[C@H](C)OC(=O)c1ccc(OC(=O)C2(OC(=O)[C@H](C)OCCC)C=CC(c3ccccc3)=CC2)cc1F. The summed E-state index contributed by atoms with van der Waals surface area (Å²) < 4.78 is 37.0. The van der Waals surface area contributed by atoms with Crippen molar-refractivity contribution in [3.63, 3.8) is 0 Å². The molecule has 0 heterocycles. The first-order chi connectivity index (χ1) is 20.2. The molecule has 0 aromatic heterocycles. The lowest BCUT2D eigenvalue weighted by atomic mass is 9.89. The molecule has 42 heavy (non-hydrogen) atoms. The summed E-state index contributed by atoms with van der Waals surface area (Å²) in [5, 5.41) is 0. The number of carbonyl (C=O) groups is 3. The minimum Gasteiger partial charge on any atom is -0.459 e. The van der Waals surface area contributed by atoms with Gasteiger partial charge in [-0.25, -0.2) is 18.8 Å². The van der Waals surface area contributed by atoms with Crippen molar-refractivity contribution in [1.29, 1.82) is 0 Å². The molecule has 1 aliphatic carbocycles. The van der Waals surface area contributed by atoms with Crippen molar-refractivity contribution in [2.24, 2.45) is 0 Å². The second-order valence-corrected chi connectivity index (χ2v) is 10.5. The van der Waals surface area contributed by atoms with Gasteiger partial charge in [0.25, 0.3) is 0 Å². The van der Waals surface area contributed by atoms with E-state index in [4.69, 9.17) is 18.9 Å². The highest BCUT2D eigenvalue weighted by atomic mass is 19.1. The molecular formula is C34H41FO7. The van der Waals surface area contributed by atoms with Gasteiger partial charge in [0.2, 0.25) is 5.60 Å². The molecule has 0 amide bonds. The van der Waals surface area contributed by atoms with E-state index in [-0.39, 0.29) is 23.8 Å². The Morgan fingerprint density at radius 1 is 0.976 bits per heavy atom. The molecule has 3 atom stereocenters. The van der Waals surface area contributed by atoms with E-state index in [0.29, 0.717) is 19.4 Å². The molecule has 2 aromatic carbocycles. The second-order valence-electron chi connectivity index (χ2n) is 10.5. The fourth-order valence-corrected chi connectivity index (χ4v) is 4.44. The molecule has 0 radical (unpaired) electrons. The van der Waals surface area contributed by atoms with Crippen LogP contribution in [-0.4, -0.2) is 42.3 Å². The molecule has 0 aliphatic heterocycles. The normalized spacial score (nSPS) is 17.6. The van der Waals surface area contributed by atoms with E-state index in [2.05, 4.69) is 6.92 Å². The first-order valence-corrected chi connectivity index (χ1v) is 14.7. The highest BCUT2D eigenvalue weighted by molar-refractivity contribution is 5.92. The average molecular weight is 581 g/mol. The van der Waals surface area contributed by atoms with Gasteiger partial charge in [-0.05, 0) is 62.5 Å². The molecule has 0 spiro atoms. The number of hydrogen-bond acceptors (Lipinski definition) is 7. The maximum absolute atomic E-state index is 14.9. The molecule has 2 aromatic rings. The van der Waals surface area contributed by atoms with E-state index >= 15 is 0 Å². The number of carbonyl (C=O) groups excluding carboxylic acids is 3. The van der Waals surface area contributed by atoms with Crippen molar-refractivity contribution >= 4 is 23.5 Å². The van der Waals surface area contributed by atoms with Crippen LogP contribution in [0.25, 0.3) is 5.57 Å². The summed E-state index contributed by atoms with van der Waals surface area (Å²) in [5.74, 6) is -3.45. The van der Waals surface area contributed by atoms with Gasteiger partial charge in [-0.3, -0.25) is 0 Å². The fraction of sp³-hybridized carbons (Fsp3) is 0.441. The molecule has 8 heteroatoms. The molecule has 7 nitrogen and oxygen atoms in total. The molecule has 0 N–H and O–H groups in total. The molecule has 0 fully saturated rings. The Hall–Kier alpha value is -3.78. The highest BCUT2D eigenvalue weighted by Gasteiger charge is 2.44. The molecular weight excluding hydrogens is 539 g/mol. The summed E-state index contributed by atoms with van der Waals surface area (Å²) in [6.07, 6.45) is 9.29. The lowest BCUT2D eigenvalue weighted by Crippen LogP contribution is -2.47. The zero-order valence-corrected chi connectivity index (χ0v) is 24.9. The van der Waals surface area contributed by atoms with Crippen LogP contribution in [0.5, 0.6) is 5.75 Å². The monoisotopic (exact) mass is 580 g/mol. The Kier molecular flexibility index (Phi) is 12.5. The molecule has 1 unspecified atom stereocenters. The van der Waals surface area contributed by atoms with Crippen molar-refractivity contribution < 1.29 is 37.7 Å². The van der Waals surface area contributed by atoms with Gasteiger partial charge in [0.15, 0.2) is 6.10 Å². The number of ether oxygens (including phenoxy) is 4. The fourth-order valence-electron chi connectivity index (χ4n) is 4.44. The summed E-state index contributed by atoms with van der Waals surface area (Å²) in [4.78, 5) is 38.9. The van der Waals surface area contributed by atoms with Gasteiger partial charge in [0.1, 0.15) is 11.6 Å². The van der Waals surface area contributed by atoms with Crippen LogP contribution in [0.1, 0.15) is 88.6 Å². The summed E-state index contributed by atoms with van der Waals surface area (Å²) >= 11 is 0. The van der Waals surface area contributed by atoms with Crippen LogP contribution in [0.4, 0.5) is 4.39 Å². The first-order valence-electron chi connectivity index (χ1n) is 14.7. The smallest absolute Gasteiger partial charge is 0.360 e. The quantitative estimate of drug-likeness (QED) is 0.123. The van der Waals surface area contributed by atoms with E-state index in [1.807, 2.05) is 37.3 Å². The van der Waals surface area contributed by atoms with Crippen LogP contribution in [0, 0.1) is 5.82 Å². The highest BCUT2D eigenvalue weighted by Crippen LogP contribution is 2.32. The molecule has 0 saturated carbocycles. The van der Waals surface area contributed by atoms with Crippen molar-refractivity contribution in [2.75, 3.05) is 6.61 Å². The number of unbranched alkanes of at least 4 members (excludes halogenated alkanes) is 3. The van der Waals surface area contributed by atoms with Crippen LogP contribution < -0.4 is 4.74 Å². The minimum atomic E-state index is -1.79. The number of esters is 3. The third kappa shape index (κ3) is 9.11. The minimum absolute atomic E-state index is 0.00182. The third-order valence-electron chi connectivity index (χ3n) is 6.94. The van der Waals surface area contributed by atoms with Crippen LogP contribution in [0.3, 0.4) is 0 Å². The van der Waals surface area contributed by atoms with E-state index in [1.165, 1.54) is 18.2 Å². The summed E-state index contributed by atoms with van der Waals surface area (Å²) in [6, 6.07) is 13.0. The molecule has 1 aliphatic rings. The largest absolute Gasteiger partial charge is 0.459 e. The van der Waals surface area contributed by atoms with Gasteiger partial charge in [-0.1, -0.05) is 75.6 Å². The van der Waals surface area contributed by atoms with Gasteiger partial charge in [-0.15, -0.1) is 0 Å². The van der Waals surface area contributed by atoms with Crippen LogP contribution in [0.15, 0.2) is 66.8 Å². The number of rotatable bonds is 15. The maximum atomic E-state index is 14.9. The van der Waals surface area contributed by atoms with Crippen LogP contribution in [0.2, 0.25) is 0 Å². The standard InChI is InChI=1S/C34H41FO7/c1-5-7-8-10-13-24(3)40-32(37)29-17-16-28(23-30(29)35)41-33(38)34(42-31(36)25(4)39-22-6-2)20-18-27(19-21-34)26-14-11-9-12-15-26/h9,11-12,14-20,23-25H,5-8,10,13,21-22H2,1-4H3/t24-,25-,34?/m0/s1. The number of allylic oxidation sites excluding steroid dienone is 2. The number of hydrogen-bond donors (Lipinski definition) is 0. The lowest BCUT2D eigenvalue weighted by Gasteiger charge is -2.31. The number of benzene rings is 2. The van der Waals surface area contributed by atoms with E-state index in [9.17, 15) is 18.8 Å². The Labute approximate surface area is 247 Å². The van der Waals surface area contributed by atoms with E-state index in [0.717, 1.165) is 42.9 Å². The maximum Gasteiger partial charge on any atom is 0.360 e. The molecule has 0 bridgehead atoms. The van der Waals surface area contributed by atoms with Gasteiger partial charge in [0.05, 0.1) is 11.7 Å². The Morgan fingerprint density at radius 2 is 1.74 bits per heavy atom. The first kappa shape index (κ1) is 32.7. The van der Waals surface area contributed by atoms with Crippen molar-refractivity contribution in [1.82, 2.24) is 0 Å². The second kappa shape index (κ2) is 16.0. The zero-order chi connectivity index (χ0) is 30.5. The van der Waals surface area contributed by atoms with Crippen molar-refractivity contribution in [3.8, 4) is 5.75 Å². The summed E-state index contributed by atoms with van der Waals surface area (Å²) in [5.41, 5.74) is -0.271. The van der Waals surface area contributed by atoms with Gasteiger partial charge in [0, 0.05) is 19.1 Å². The molecule has 226 valence electrons. The summed E-state index contributed by atoms with van der Waals surface area (Å²) in [6.45, 7) is 7.72. The Bertz CT molecular complexity index is 1270.